The van der Waals surface area contributed by atoms with Gasteiger partial charge in [-0.15, -0.1) is 0 Å². The molecule has 0 unspecified atom stereocenters. The Labute approximate surface area is 157 Å². The van der Waals surface area contributed by atoms with Gasteiger partial charge >= 0.3 is 0 Å². The van der Waals surface area contributed by atoms with Crippen molar-refractivity contribution in [3.63, 3.8) is 0 Å². The lowest BCUT2D eigenvalue weighted by Crippen LogP contribution is -2.30. The number of carbonyl (C=O) groups excluding carboxylic acids is 1. The Morgan fingerprint density at radius 3 is 2.65 bits per heavy atom. The van der Waals surface area contributed by atoms with E-state index < -0.39 is 0 Å². The normalized spacial score (nSPS) is 12.1. The zero-order valence-corrected chi connectivity index (χ0v) is 16.0. The molecule has 0 aliphatic rings. The van der Waals surface area contributed by atoms with Crippen molar-refractivity contribution in [1.29, 1.82) is 0 Å². The predicted molar refractivity (Wildman–Crippen MR) is 106 cm³/mol. The number of benzene rings is 2. The molecule has 0 bridgehead atoms. The number of amides is 1. The second kappa shape index (κ2) is 8.27. The van der Waals surface area contributed by atoms with Crippen LogP contribution in [0.15, 0.2) is 53.7 Å². The number of hydrogen-bond acceptors (Lipinski definition) is 4. The first-order valence-electron chi connectivity index (χ1n) is 8.65. The Kier molecular flexibility index (Phi) is 5.83. The molecule has 1 N–H and O–H groups in total. The van der Waals surface area contributed by atoms with E-state index in [2.05, 4.69) is 27.9 Å². The highest BCUT2D eigenvalue weighted by atomic mass is 32.2. The number of ether oxygens (including phenoxy) is 1. The van der Waals surface area contributed by atoms with Crippen molar-refractivity contribution in [3.05, 3.63) is 54.1 Å². The molecular weight excluding hydrogens is 346 g/mol. The Morgan fingerprint density at radius 2 is 1.96 bits per heavy atom. The standard InChI is InChI=1S/C20H23N3O2S/c1-4-23-18-8-6-5-7-17(18)22-20(23)26-14(2)19(24)21-13-15-9-11-16(25-3)12-10-15/h5-12,14H,4,13H2,1-3H3,(H,21,24)/t14-/m1/s1. The molecular formula is C20H23N3O2S. The number of hydrogen-bond donors (Lipinski definition) is 1. The van der Waals surface area contributed by atoms with Crippen molar-refractivity contribution < 1.29 is 9.53 Å². The fraction of sp³-hybridized carbons (Fsp3) is 0.300. The summed E-state index contributed by atoms with van der Waals surface area (Å²) in [5.41, 5.74) is 3.10. The third-order valence-electron chi connectivity index (χ3n) is 4.21. The van der Waals surface area contributed by atoms with Crippen LogP contribution in [0.2, 0.25) is 0 Å². The summed E-state index contributed by atoms with van der Waals surface area (Å²) in [6.45, 7) is 5.32. The molecule has 3 aromatic rings. The van der Waals surface area contributed by atoms with E-state index in [0.29, 0.717) is 6.54 Å². The zero-order valence-electron chi connectivity index (χ0n) is 15.2. The molecule has 136 valence electrons. The molecule has 1 heterocycles. The lowest BCUT2D eigenvalue weighted by Gasteiger charge is -2.13. The predicted octanol–water partition coefficient (Wildman–Crippen LogP) is 3.86. The fourth-order valence-corrected chi connectivity index (χ4v) is 3.75. The van der Waals surface area contributed by atoms with Gasteiger partial charge in [-0.1, -0.05) is 36.0 Å². The van der Waals surface area contributed by atoms with E-state index in [-0.39, 0.29) is 11.2 Å². The maximum atomic E-state index is 12.5. The van der Waals surface area contributed by atoms with Crippen LogP contribution < -0.4 is 10.1 Å². The van der Waals surface area contributed by atoms with Crippen molar-refractivity contribution in [3.8, 4) is 5.75 Å². The first-order valence-corrected chi connectivity index (χ1v) is 9.53. The molecule has 5 nitrogen and oxygen atoms in total. The molecule has 0 radical (unpaired) electrons. The van der Waals surface area contributed by atoms with Crippen LogP contribution in [0.1, 0.15) is 19.4 Å². The Hall–Kier alpha value is -2.47. The number of thioether (sulfide) groups is 1. The van der Waals surface area contributed by atoms with Crippen LogP contribution in [-0.2, 0) is 17.9 Å². The molecule has 1 atom stereocenters. The van der Waals surface area contributed by atoms with Crippen LogP contribution in [0.3, 0.4) is 0 Å². The molecule has 2 aromatic carbocycles. The van der Waals surface area contributed by atoms with Crippen LogP contribution in [0.25, 0.3) is 11.0 Å². The molecule has 1 amide bonds. The molecule has 1 aromatic heterocycles. The summed E-state index contributed by atoms with van der Waals surface area (Å²) in [5.74, 6) is 0.808. The molecule has 26 heavy (non-hydrogen) atoms. The Morgan fingerprint density at radius 1 is 1.23 bits per heavy atom. The van der Waals surface area contributed by atoms with E-state index in [0.717, 1.165) is 34.0 Å². The number of fused-ring (bicyclic) bond motifs is 1. The van der Waals surface area contributed by atoms with Gasteiger partial charge in [0.05, 0.1) is 23.4 Å². The minimum Gasteiger partial charge on any atom is -0.497 e. The summed E-state index contributed by atoms with van der Waals surface area (Å²) in [6, 6.07) is 15.7. The summed E-state index contributed by atoms with van der Waals surface area (Å²) < 4.78 is 7.29. The van der Waals surface area contributed by atoms with Gasteiger partial charge in [-0.3, -0.25) is 4.79 Å². The summed E-state index contributed by atoms with van der Waals surface area (Å²) >= 11 is 1.49. The highest BCUT2D eigenvalue weighted by Crippen LogP contribution is 2.27. The maximum Gasteiger partial charge on any atom is 0.233 e. The lowest BCUT2D eigenvalue weighted by molar-refractivity contribution is -0.120. The van der Waals surface area contributed by atoms with Crippen molar-refractivity contribution in [2.24, 2.45) is 0 Å². The summed E-state index contributed by atoms with van der Waals surface area (Å²) in [6.07, 6.45) is 0. The quantitative estimate of drug-likeness (QED) is 0.643. The van der Waals surface area contributed by atoms with Crippen molar-refractivity contribution in [2.75, 3.05) is 7.11 Å². The number of aryl methyl sites for hydroxylation is 1. The summed E-state index contributed by atoms with van der Waals surface area (Å²) in [4.78, 5) is 17.1. The van der Waals surface area contributed by atoms with E-state index in [1.807, 2.05) is 49.4 Å². The van der Waals surface area contributed by atoms with Crippen LogP contribution in [0.5, 0.6) is 5.75 Å². The van der Waals surface area contributed by atoms with Crippen molar-refractivity contribution in [1.82, 2.24) is 14.9 Å². The van der Waals surface area contributed by atoms with Gasteiger partial charge in [-0.25, -0.2) is 4.98 Å². The fourth-order valence-electron chi connectivity index (χ4n) is 2.74. The summed E-state index contributed by atoms with van der Waals surface area (Å²) in [7, 11) is 1.64. The Bertz CT molecular complexity index is 890. The smallest absolute Gasteiger partial charge is 0.233 e. The molecule has 0 aliphatic heterocycles. The van der Waals surface area contributed by atoms with E-state index in [4.69, 9.17) is 4.74 Å². The largest absolute Gasteiger partial charge is 0.497 e. The number of methoxy groups -OCH3 is 1. The highest BCUT2D eigenvalue weighted by Gasteiger charge is 2.18. The Balaban J connectivity index is 1.63. The van der Waals surface area contributed by atoms with Gasteiger partial charge in [0.25, 0.3) is 0 Å². The number of imidazole rings is 1. The minimum atomic E-state index is -0.227. The highest BCUT2D eigenvalue weighted by molar-refractivity contribution is 8.00. The molecule has 0 saturated carbocycles. The molecule has 0 fully saturated rings. The van der Waals surface area contributed by atoms with Crippen LogP contribution in [0, 0.1) is 0 Å². The van der Waals surface area contributed by atoms with Crippen LogP contribution in [0.4, 0.5) is 0 Å². The minimum absolute atomic E-state index is 0.000488. The third kappa shape index (κ3) is 4.02. The van der Waals surface area contributed by atoms with Gasteiger partial charge in [0.15, 0.2) is 5.16 Å². The van der Waals surface area contributed by atoms with Gasteiger partial charge in [0.2, 0.25) is 5.91 Å². The SMILES string of the molecule is CCn1c(S[C@H](C)C(=O)NCc2ccc(OC)cc2)nc2ccccc21. The number of carbonyl (C=O) groups is 1. The topological polar surface area (TPSA) is 56.2 Å². The molecule has 0 spiro atoms. The molecule has 0 saturated heterocycles. The van der Waals surface area contributed by atoms with Gasteiger partial charge in [0.1, 0.15) is 5.75 Å². The number of nitrogens with one attached hydrogen (secondary N) is 1. The number of para-hydroxylation sites is 2. The average Bonchev–Trinajstić information content (AvgIpc) is 3.03. The zero-order chi connectivity index (χ0) is 18.5. The molecule has 3 rings (SSSR count). The number of rotatable bonds is 7. The van der Waals surface area contributed by atoms with Crippen molar-refractivity contribution in [2.45, 2.75) is 37.3 Å². The van der Waals surface area contributed by atoms with Gasteiger partial charge in [0, 0.05) is 13.1 Å². The molecule has 6 heteroatoms. The van der Waals surface area contributed by atoms with E-state index >= 15 is 0 Å². The first-order chi connectivity index (χ1) is 12.6. The second-order valence-corrected chi connectivity index (χ2v) is 7.26. The molecule has 0 aliphatic carbocycles. The van der Waals surface area contributed by atoms with E-state index in [1.165, 1.54) is 11.8 Å². The summed E-state index contributed by atoms with van der Waals surface area (Å²) in [5, 5.41) is 3.64. The number of nitrogens with zero attached hydrogens (tertiary/aromatic N) is 2. The maximum absolute atomic E-state index is 12.5. The first kappa shape index (κ1) is 18.3. The van der Waals surface area contributed by atoms with E-state index in [9.17, 15) is 4.79 Å². The lowest BCUT2D eigenvalue weighted by atomic mass is 10.2. The monoisotopic (exact) mass is 369 g/mol. The average molecular weight is 369 g/mol. The third-order valence-corrected chi connectivity index (χ3v) is 5.30. The van der Waals surface area contributed by atoms with Gasteiger partial charge in [-0.2, -0.15) is 0 Å². The second-order valence-electron chi connectivity index (χ2n) is 5.95. The van der Waals surface area contributed by atoms with Crippen LogP contribution in [-0.4, -0.2) is 27.8 Å². The van der Waals surface area contributed by atoms with Crippen molar-refractivity contribution >= 4 is 28.7 Å². The number of aromatic nitrogens is 2. The van der Waals surface area contributed by atoms with Gasteiger partial charge in [-0.05, 0) is 43.7 Å². The van der Waals surface area contributed by atoms with Gasteiger partial charge < -0.3 is 14.6 Å². The van der Waals surface area contributed by atoms with Crippen LogP contribution >= 0.6 is 11.8 Å². The van der Waals surface area contributed by atoms with E-state index in [1.54, 1.807) is 7.11 Å².